The third-order valence-corrected chi connectivity index (χ3v) is 12.7. The van der Waals surface area contributed by atoms with Crippen LogP contribution >= 0.6 is 11.8 Å². The molecule has 1 aliphatic heterocycles. The lowest BCUT2D eigenvalue weighted by Crippen LogP contribution is -2.50. The van der Waals surface area contributed by atoms with Crippen LogP contribution < -0.4 is 0 Å². The topological polar surface area (TPSA) is 69.4 Å². The van der Waals surface area contributed by atoms with E-state index in [1.165, 1.54) is 22.6 Å². The average Bonchev–Trinajstić information content (AvgIpc) is 3.32. The number of hydrogen-bond acceptors (Lipinski definition) is 6. The van der Waals surface area contributed by atoms with Gasteiger partial charge in [-0.05, 0) is 42.4 Å². The molecule has 0 spiro atoms. The number of aliphatic hydroxyl groups is 1. The fourth-order valence-corrected chi connectivity index (χ4v) is 5.95. The molecule has 1 aromatic heterocycles. The smallest absolute Gasteiger partial charge is 0.194 e. The third-order valence-electron chi connectivity index (χ3n) is 7.09. The molecule has 3 aromatic rings. The van der Waals surface area contributed by atoms with Crippen LogP contribution in [0.1, 0.15) is 33.2 Å². The van der Waals surface area contributed by atoms with Crippen LogP contribution in [0.2, 0.25) is 18.1 Å². The van der Waals surface area contributed by atoms with Crippen LogP contribution in [-0.4, -0.2) is 52.7 Å². The molecule has 2 heterocycles. The maximum Gasteiger partial charge on any atom is 0.194 e. The van der Waals surface area contributed by atoms with Crippen LogP contribution in [0, 0.1) is 17.5 Å². The minimum absolute atomic E-state index is 0.00921. The Kier molecular flexibility index (Phi) is 8.20. The number of rotatable bonds is 7. The van der Waals surface area contributed by atoms with Gasteiger partial charge in [-0.3, -0.25) is 0 Å². The van der Waals surface area contributed by atoms with Gasteiger partial charge in [-0.1, -0.05) is 55.9 Å². The molecule has 6 nitrogen and oxygen atoms in total. The van der Waals surface area contributed by atoms with Crippen LogP contribution in [-0.2, 0) is 9.16 Å². The quantitative estimate of drug-likeness (QED) is 0.279. The molecule has 1 fully saturated rings. The summed E-state index contributed by atoms with van der Waals surface area (Å²) in [5.41, 5.74) is -0.0905. The Labute approximate surface area is 220 Å². The highest BCUT2D eigenvalue weighted by Gasteiger charge is 2.43. The van der Waals surface area contributed by atoms with E-state index in [0.29, 0.717) is 6.42 Å². The Bertz CT molecular complexity index is 1200. The molecule has 37 heavy (non-hydrogen) atoms. The van der Waals surface area contributed by atoms with Crippen molar-refractivity contribution >= 4 is 20.1 Å². The molecule has 11 heteroatoms. The molecule has 4 atom stereocenters. The number of benzene rings is 2. The van der Waals surface area contributed by atoms with Gasteiger partial charge in [0.2, 0.25) is 0 Å². The molecule has 0 aliphatic carbocycles. The Morgan fingerprint density at radius 2 is 1.78 bits per heavy atom. The highest BCUT2D eigenvalue weighted by atomic mass is 32.2. The Morgan fingerprint density at radius 3 is 2.41 bits per heavy atom. The van der Waals surface area contributed by atoms with Gasteiger partial charge in [-0.2, -0.15) is 0 Å². The van der Waals surface area contributed by atoms with E-state index in [-0.39, 0.29) is 28.3 Å². The van der Waals surface area contributed by atoms with E-state index in [1.807, 2.05) is 30.3 Å². The molecule has 0 amide bonds. The molecule has 0 radical (unpaired) electrons. The minimum Gasteiger partial charge on any atom is -0.414 e. The van der Waals surface area contributed by atoms with Crippen molar-refractivity contribution in [3.8, 4) is 11.3 Å². The van der Waals surface area contributed by atoms with Gasteiger partial charge in [0.15, 0.2) is 25.8 Å². The van der Waals surface area contributed by atoms with Gasteiger partial charge >= 0.3 is 0 Å². The highest BCUT2D eigenvalue weighted by molar-refractivity contribution is 7.99. The van der Waals surface area contributed by atoms with Gasteiger partial charge in [0.25, 0.3) is 0 Å². The zero-order valence-electron chi connectivity index (χ0n) is 21.5. The summed E-state index contributed by atoms with van der Waals surface area (Å²) in [6.07, 6.45) is 0.323. The van der Waals surface area contributed by atoms with Crippen molar-refractivity contribution < 1.29 is 27.4 Å². The summed E-state index contributed by atoms with van der Waals surface area (Å²) in [6, 6.07) is 11.0. The Balaban J connectivity index is 1.59. The van der Waals surface area contributed by atoms with E-state index < -0.39 is 44.0 Å². The summed E-state index contributed by atoms with van der Waals surface area (Å²) in [6.45, 7) is 10.9. The first-order valence-corrected chi connectivity index (χ1v) is 15.9. The van der Waals surface area contributed by atoms with Crippen LogP contribution in [0.25, 0.3) is 11.3 Å². The van der Waals surface area contributed by atoms with E-state index in [1.54, 1.807) is 0 Å². The zero-order valence-corrected chi connectivity index (χ0v) is 23.3. The van der Waals surface area contributed by atoms with Crippen molar-refractivity contribution in [2.24, 2.45) is 0 Å². The predicted molar refractivity (Wildman–Crippen MR) is 139 cm³/mol. The van der Waals surface area contributed by atoms with Crippen molar-refractivity contribution in [3.63, 3.8) is 0 Å². The molecule has 2 aromatic carbocycles. The SMILES string of the molecule is CC(C)(C)[Si](C)(C)OC[C@H]1O[C@H](Sc2ccccc2)C[C@@H](n2cc(-c3cc(F)c(F)c(F)c3)nn2)[C@@H]1O. The van der Waals surface area contributed by atoms with E-state index in [2.05, 4.69) is 44.2 Å². The van der Waals surface area contributed by atoms with Gasteiger partial charge < -0.3 is 14.3 Å². The van der Waals surface area contributed by atoms with Crippen molar-refractivity contribution in [2.75, 3.05) is 6.61 Å². The molecular weight excluding hydrogens is 519 g/mol. The zero-order chi connectivity index (χ0) is 27.0. The van der Waals surface area contributed by atoms with E-state index in [0.717, 1.165) is 17.0 Å². The molecule has 0 unspecified atom stereocenters. The fourth-order valence-electron chi connectivity index (χ4n) is 3.83. The molecular formula is C26H32F3N3O3SSi. The second-order valence-electron chi connectivity index (χ2n) is 10.7. The van der Waals surface area contributed by atoms with Gasteiger partial charge in [0.05, 0.1) is 18.8 Å². The number of aromatic nitrogens is 3. The second-order valence-corrected chi connectivity index (χ2v) is 16.8. The lowest BCUT2D eigenvalue weighted by atomic mass is 10.00. The van der Waals surface area contributed by atoms with Gasteiger partial charge in [-0.25, -0.2) is 17.9 Å². The Hall–Kier alpha value is -2.18. The highest BCUT2D eigenvalue weighted by Crippen LogP contribution is 2.40. The van der Waals surface area contributed by atoms with Crippen LogP contribution in [0.4, 0.5) is 13.2 Å². The first-order valence-electron chi connectivity index (χ1n) is 12.1. The number of halogens is 3. The van der Waals surface area contributed by atoms with E-state index in [9.17, 15) is 18.3 Å². The monoisotopic (exact) mass is 551 g/mol. The van der Waals surface area contributed by atoms with Crippen molar-refractivity contribution in [1.82, 2.24) is 15.0 Å². The number of thioether (sulfide) groups is 1. The lowest BCUT2D eigenvalue weighted by molar-refractivity contribution is -0.128. The summed E-state index contributed by atoms with van der Waals surface area (Å²) < 4.78 is 55.2. The number of hydrogen-bond donors (Lipinski definition) is 1. The molecule has 1 aliphatic rings. The molecule has 0 bridgehead atoms. The van der Waals surface area contributed by atoms with Crippen LogP contribution in [0.15, 0.2) is 53.6 Å². The standard InChI is InChI=1S/C26H32F3N3O3SSi/c1-26(2,3)37(4,5)34-15-22-25(33)21(13-23(35-22)36-17-9-7-6-8-10-17)32-14-20(30-31-32)16-11-18(27)24(29)19(28)12-16/h6-12,14,21-23,25,33H,13,15H2,1-5H3/t21-,22-,23-,25+/m1/s1. The normalized spacial score (nSPS) is 22.8. The molecule has 4 rings (SSSR count). The van der Waals surface area contributed by atoms with Gasteiger partial charge in [0, 0.05) is 16.9 Å². The number of ether oxygens (including phenoxy) is 1. The van der Waals surface area contributed by atoms with Gasteiger partial charge in [-0.15, -0.1) is 5.10 Å². The molecule has 200 valence electrons. The molecule has 1 saturated heterocycles. The predicted octanol–water partition coefficient (Wildman–Crippen LogP) is 6.19. The fraction of sp³-hybridized carbons (Fsp3) is 0.462. The number of aliphatic hydroxyl groups excluding tert-OH is 1. The minimum atomic E-state index is -2.11. The summed E-state index contributed by atoms with van der Waals surface area (Å²) in [5.74, 6) is -4.16. The van der Waals surface area contributed by atoms with Crippen LogP contribution in [0.3, 0.4) is 0 Å². The molecule has 1 N–H and O–H groups in total. The van der Waals surface area contributed by atoms with Crippen molar-refractivity contribution in [2.45, 2.75) is 73.9 Å². The van der Waals surface area contributed by atoms with Crippen molar-refractivity contribution in [1.29, 1.82) is 0 Å². The number of nitrogens with zero attached hydrogens (tertiary/aromatic N) is 3. The second kappa shape index (κ2) is 10.9. The third kappa shape index (κ3) is 6.28. The first-order chi connectivity index (χ1) is 17.4. The first kappa shape index (κ1) is 27.8. The van der Waals surface area contributed by atoms with Crippen LogP contribution in [0.5, 0.6) is 0 Å². The summed E-state index contributed by atoms with van der Waals surface area (Å²) in [4.78, 5) is 1.02. The van der Waals surface area contributed by atoms with E-state index >= 15 is 0 Å². The van der Waals surface area contributed by atoms with Crippen molar-refractivity contribution in [3.05, 3.63) is 66.1 Å². The maximum atomic E-state index is 13.8. The largest absolute Gasteiger partial charge is 0.414 e. The Morgan fingerprint density at radius 1 is 1.14 bits per heavy atom. The van der Waals surface area contributed by atoms with E-state index in [4.69, 9.17) is 9.16 Å². The van der Waals surface area contributed by atoms with Gasteiger partial charge in [0.1, 0.15) is 23.3 Å². The molecule has 0 saturated carbocycles. The summed E-state index contributed by atoms with van der Waals surface area (Å²) >= 11 is 1.54. The average molecular weight is 552 g/mol. The summed E-state index contributed by atoms with van der Waals surface area (Å²) in [7, 11) is -2.11. The maximum absolute atomic E-state index is 13.8. The lowest BCUT2D eigenvalue weighted by Gasteiger charge is -2.42. The summed E-state index contributed by atoms with van der Waals surface area (Å²) in [5, 5.41) is 19.5.